The number of allylic oxidation sites excluding steroid dienone is 7. The van der Waals surface area contributed by atoms with Crippen LogP contribution in [0.15, 0.2) is 46.0 Å². The van der Waals surface area contributed by atoms with Gasteiger partial charge < -0.3 is 14.6 Å². The Balaban J connectivity index is 2.90. The van der Waals surface area contributed by atoms with Crippen LogP contribution in [0.2, 0.25) is 0 Å². The van der Waals surface area contributed by atoms with Gasteiger partial charge in [0.15, 0.2) is 11.6 Å². The van der Waals surface area contributed by atoms with E-state index in [4.69, 9.17) is 9.47 Å². The predicted octanol–water partition coefficient (Wildman–Crippen LogP) is 5.63. The van der Waals surface area contributed by atoms with Crippen molar-refractivity contribution in [2.75, 3.05) is 13.7 Å². The van der Waals surface area contributed by atoms with Crippen molar-refractivity contribution < 1.29 is 24.2 Å². The number of fused-ring (bicyclic) bond motifs is 1. The van der Waals surface area contributed by atoms with Gasteiger partial charge in [0.1, 0.15) is 22.7 Å². The topological polar surface area (TPSA) is 72.8 Å². The van der Waals surface area contributed by atoms with E-state index in [0.717, 1.165) is 11.1 Å². The molecule has 0 aromatic carbocycles. The second-order valence-electron chi connectivity index (χ2n) is 10.1. The van der Waals surface area contributed by atoms with E-state index in [2.05, 4.69) is 0 Å². The summed E-state index contributed by atoms with van der Waals surface area (Å²) in [6, 6.07) is 0. The van der Waals surface area contributed by atoms with Crippen molar-refractivity contribution in [1.29, 1.82) is 0 Å². The molecular formula is C26H38O5. The zero-order valence-corrected chi connectivity index (χ0v) is 20.5. The van der Waals surface area contributed by atoms with Crippen molar-refractivity contribution in [3.05, 3.63) is 46.0 Å². The molecule has 5 nitrogen and oxygen atoms in total. The summed E-state index contributed by atoms with van der Waals surface area (Å²) in [6.45, 7) is 15.5. The summed E-state index contributed by atoms with van der Waals surface area (Å²) in [5.74, 6) is -1.03. The highest BCUT2D eigenvalue weighted by Crippen LogP contribution is 2.54. The minimum atomic E-state index is -1.23. The highest BCUT2D eigenvalue weighted by molar-refractivity contribution is 6.25. The summed E-state index contributed by atoms with van der Waals surface area (Å²) >= 11 is 0. The molecule has 2 rings (SSSR count). The molecule has 1 N–H and O–H groups in total. The molecule has 0 radical (unpaired) electrons. The lowest BCUT2D eigenvalue weighted by Gasteiger charge is -2.36. The van der Waals surface area contributed by atoms with Crippen LogP contribution >= 0.6 is 0 Å². The molecule has 5 heteroatoms. The van der Waals surface area contributed by atoms with E-state index in [1.54, 1.807) is 21.0 Å². The van der Waals surface area contributed by atoms with Crippen LogP contribution in [-0.4, -0.2) is 36.0 Å². The number of ether oxygens (including phenoxy) is 2. The number of carbonyl (C=O) groups excluding carboxylic acids is 2. The Hall–Kier alpha value is -2.14. The summed E-state index contributed by atoms with van der Waals surface area (Å²) < 4.78 is 11.6. The van der Waals surface area contributed by atoms with E-state index in [-0.39, 0.29) is 40.5 Å². The van der Waals surface area contributed by atoms with Crippen molar-refractivity contribution in [3.8, 4) is 0 Å². The fourth-order valence-electron chi connectivity index (χ4n) is 4.24. The summed E-state index contributed by atoms with van der Waals surface area (Å²) in [6.07, 6.45) is 4.55. The third-order valence-electron chi connectivity index (χ3n) is 6.22. The first-order valence-electron chi connectivity index (χ1n) is 11.0. The maximum Gasteiger partial charge on any atom is 0.184 e. The van der Waals surface area contributed by atoms with E-state index < -0.39 is 11.0 Å². The number of carbonyl (C=O) groups is 2. The molecule has 0 amide bonds. The van der Waals surface area contributed by atoms with Gasteiger partial charge in [-0.15, -0.1) is 0 Å². The Labute approximate surface area is 186 Å². The molecule has 1 fully saturated rings. The van der Waals surface area contributed by atoms with Crippen molar-refractivity contribution >= 4 is 11.6 Å². The molecule has 1 heterocycles. The Kier molecular flexibility index (Phi) is 7.42. The number of hydrogen-bond donors (Lipinski definition) is 1. The Morgan fingerprint density at radius 3 is 2.06 bits per heavy atom. The van der Waals surface area contributed by atoms with Gasteiger partial charge in [0, 0.05) is 18.6 Å². The van der Waals surface area contributed by atoms with E-state index in [0.29, 0.717) is 25.0 Å². The lowest BCUT2D eigenvalue weighted by atomic mass is 9.65. The van der Waals surface area contributed by atoms with Gasteiger partial charge in [-0.3, -0.25) is 9.59 Å². The van der Waals surface area contributed by atoms with Gasteiger partial charge in [0.25, 0.3) is 0 Å². The summed E-state index contributed by atoms with van der Waals surface area (Å²) in [5.41, 5.74) is 0.762. The van der Waals surface area contributed by atoms with Gasteiger partial charge in [0.05, 0.1) is 17.9 Å². The maximum atomic E-state index is 14.0. The molecule has 0 aromatic rings. The zero-order chi connectivity index (χ0) is 23.7. The summed E-state index contributed by atoms with van der Waals surface area (Å²) in [5, 5.41) is 11.7. The second kappa shape index (κ2) is 9.15. The monoisotopic (exact) mass is 430 g/mol. The number of aliphatic hydroxyl groups excluding tert-OH is 1. The van der Waals surface area contributed by atoms with Gasteiger partial charge in [-0.05, 0) is 54.4 Å². The van der Waals surface area contributed by atoms with E-state index >= 15 is 0 Å². The summed E-state index contributed by atoms with van der Waals surface area (Å²) in [4.78, 5) is 27.3. The van der Waals surface area contributed by atoms with Crippen LogP contribution in [0.25, 0.3) is 0 Å². The fraction of sp³-hybridized carbons (Fsp3) is 0.615. The van der Waals surface area contributed by atoms with Crippen LogP contribution in [-0.2, 0) is 19.1 Å². The molecule has 1 aliphatic heterocycles. The largest absolute Gasteiger partial charge is 0.511 e. The molecule has 1 aliphatic carbocycles. The first-order valence-corrected chi connectivity index (χ1v) is 11.0. The van der Waals surface area contributed by atoms with Crippen molar-refractivity contribution in [2.45, 2.75) is 73.8 Å². The third kappa shape index (κ3) is 4.57. The van der Waals surface area contributed by atoms with Crippen molar-refractivity contribution in [2.24, 2.45) is 17.3 Å². The molecule has 1 atom stereocenters. The maximum absolute atomic E-state index is 14.0. The zero-order valence-electron chi connectivity index (χ0n) is 20.5. The van der Waals surface area contributed by atoms with Crippen molar-refractivity contribution in [1.82, 2.24) is 0 Å². The lowest BCUT2D eigenvalue weighted by molar-refractivity contribution is -0.129. The van der Waals surface area contributed by atoms with Crippen LogP contribution in [0.5, 0.6) is 0 Å². The van der Waals surface area contributed by atoms with Gasteiger partial charge in [0.2, 0.25) is 0 Å². The summed E-state index contributed by atoms with van der Waals surface area (Å²) in [7, 11) is 1.60. The SMILES string of the molecule is COC[C@@H]1C2=C(O)C(CC=C(C)C)(CC=C(C)C)C(=O)C(C(=O)C(C)C)=C2OC1(C)C. The molecule has 0 saturated carbocycles. The Morgan fingerprint density at radius 1 is 1.13 bits per heavy atom. The van der Waals surface area contributed by atoms with Crippen LogP contribution in [0.3, 0.4) is 0 Å². The van der Waals surface area contributed by atoms with E-state index in [1.165, 1.54) is 0 Å². The standard InChI is InChI=1S/C26H38O5/c1-15(2)10-12-26(13-11-16(3)4)23(28)19-18(14-30-9)25(7,8)31-22(19)20(24(26)29)21(27)17(5)6/h10-11,17-18,28H,12-14H2,1-9H3/t18-/m1/s1. The van der Waals surface area contributed by atoms with Gasteiger partial charge in [-0.2, -0.15) is 0 Å². The van der Waals surface area contributed by atoms with Crippen molar-refractivity contribution in [3.63, 3.8) is 0 Å². The van der Waals surface area contributed by atoms with Crippen LogP contribution in [0, 0.1) is 17.3 Å². The number of hydrogen-bond acceptors (Lipinski definition) is 5. The average molecular weight is 431 g/mol. The third-order valence-corrected chi connectivity index (χ3v) is 6.22. The number of methoxy groups -OCH3 is 1. The molecule has 0 bridgehead atoms. The lowest BCUT2D eigenvalue weighted by Crippen LogP contribution is -2.41. The van der Waals surface area contributed by atoms with E-state index in [9.17, 15) is 14.7 Å². The average Bonchev–Trinajstić information content (AvgIpc) is 2.91. The van der Waals surface area contributed by atoms with Gasteiger partial charge >= 0.3 is 0 Å². The molecule has 0 spiro atoms. The quantitative estimate of drug-likeness (QED) is 0.399. The molecule has 0 aromatic heterocycles. The molecule has 31 heavy (non-hydrogen) atoms. The van der Waals surface area contributed by atoms with Crippen LogP contribution in [0.4, 0.5) is 0 Å². The molecule has 172 valence electrons. The number of rotatable bonds is 8. The minimum Gasteiger partial charge on any atom is -0.511 e. The number of ketones is 2. The highest BCUT2D eigenvalue weighted by atomic mass is 16.5. The highest BCUT2D eigenvalue weighted by Gasteiger charge is 2.57. The fourth-order valence-corrected chi connectivity index (χ4v) is 4.24. The Morgan fingerprint density at radius 2 is 1.65 bits per heavy atom. The molecule has 2 aliphatic rings. The molecular weight excluding hydrogens is 392 g/mol. The molecule has 1 saturated heterocycles. The number of aliphatic hydroxyl groups is 1. The van der Waals surface area contributed by atoms with Gasteiger partial charge in [-0.25, -0.2) is 0 Å². The second-order valence-corrected chi connectivity index (χ2v) is 10.1. The smallest absolute Gasteiger partial charge is 0.184 e. The van der Waals surface area contributed by atoms with Crippen LogP contribution in [0.1, 0.15) is 68.2 Å². The first kappa shape index (κ1) is 25.1. The molecule has 0 unspecified atom stereocenters. The van der Waals surface area contributed by atoms with Gasteiger partial charge in [-0.1, -0.05) is 37.1 Å². The minimum absolute atomic E-state index is 0.00966. The first-order chi connectivity index (χ1) is 14.3. The predicted molar refractivity (Wildman–Crippen MR) is 123 cm³/mol. The normalized spacial score (nSPS) is 21.7. The number of Topliss-reactive ketones (excluding diaryl/α,β-unsaturated/α-hetero) is 2. The Bertz CT molecular complexity index is 851. The van der Waals surface area contributed by atoms with Crippen LogP contribution < -0.4 is 0 Å². The van der Waals surface area contributed by atoms with E-state index in [1.807, 2.05) is 53.7 Å².